The van der Waals surface area contributed by atoms with Gasteiger partial charge in [0.2, 0.25) is 17.7 Å². The lowest BCUT2D eigenvalue weighted by Crippen LogP contribution is -2.55. The summed E-state index contributed by atoms with van der Waals surface area (Å²) in [5.74, 6) is -1.41. The Kier molecular flexibility index (Phi) is 12.2. The molecule has 31 heavy (non-hydrogen) atoms. The number of cyclic esters (lactones) is 1. The van der Waals surface area contributed by atoms with Crippen LogP contribution in [0.25, 0.3) is 0 Å². The molecule has 0 aromatic carbocycles. The molecule has 1 heterocycles. The van der Waals surface area contributed by atoms with Crippen molar-refractivity contribution in [3.8, 4) is 0 Å². The van der Waals surface area contributed by atoms with Crippen molar-refractivity contribution in [3.63, 3.8) is 0 Å². The summed E-state index contributed by atoms with van der Waals surface area (Å²) >= 11 is 0. The molecule has 0 aromatic rings. The van der Waals surface area contributed by atoms with Crippen LogP contribution >= 0.6 is 0 Å². The van der Waals surface area contributed by atoms with E-state index in [1.165, 1.54) is 0 Å². The molecule has 3 amide bonds. The maximum atomic E-state index is 12.9. The van der Waals surface area contributed by atoms with Crippen molar-refractivity contribution in [2.75, 3.05) is 6.61 Å². The Morgan fingerprint density at radius 3 is 1.94 bits per heavy atom. The van der Waals surface area contributed by atoms with E-state index in [9.17, 15) is 19.2 Å². The number of rotatable bonds is 3. The summed E-state index contributed by atoms with van der Waals surface area (Å²) in [7, 11) is 0. The molecule has 3 N–H and O–H groups in total. The lowest BCUT2D eigenvalue weighted by Gasteiger charge is -2.28. The van der Waals surface area contributed by atoms with Crippen LogP contribution in [0.4, 0.5) is 0 Å². The molecular weight excluding hydrogens is 398 g/mol. The molecule has 1 saturated heterocycles. The van der Waals surface area contributed by atoms with E-state index in [1.807, 2.05) is 27.7 Å². The van der Waals surface area contributed by atoms with E-state index in [2.05, 4.69) is 16.0 Å². The maximum absolute atomic E-state index is 12.9. The standard InChI is InChI=1S/C23H41N3O5/c1-6-16(4)21-23(30)31-14-17(5)24-18(27)12-10-8-7-9-11-13-19(28)25-20(15(2)3)22(29)26-21/h15-17,20-21H,6-14H2,1-5H3,(H,24,27)(H,25,28)(H,26,29)/t16-,17-,20-,21-/m0/s1. The van der Waals surface area contributed by atoms with E-state index < -0.39 is 18.1 Å². The summed E-state index contributed by atoms with van der Waals surface area (Å²) in [4.78, 5) is 50.1. The summed E-state index contributed by atoms with van der Waals surface area (Å²) in [6, 6.07) is -1.85. The van der Waals surface area contributed by atoms with E-state index in [1.54, 1.807) is 6.92 Å². The zero-order chi connectivity index (χ0) is 23.4. The number of hydrogen-bond donors (Lipinski definition) is 3. The lowest BCUT2D eigenvalue weighted by molar-refractivity contribution is -0.150. The van der Waals surface area contributed by atoms with Crippen LogP contribution in [0.3, 0.4) is 0 Å². The van der Waals surface area contributed by atoms with Crippen LogP contribution < -0.4 is 16.0 Å². The normalized spacial score (nSPS) is 27.1. The number of esters is 1. The second-order valence-corrected chi connectivity index (χ2v) is 9.03. The molecule has 8 nitrogen and oxygen atoms in total. The zero-order valence-corrected chi connectivity index (χ0v) is 19.8. The highest BCUT2D eigenvalue weighted by Gasteiger charge is 2.32. The lowest BCUT2D eigenvalue weighted by atomic mass is 9.97. The van der Waals surface area contributed by atoms with Crippen molar-refractivity contribution in [3.05, 3.63) is 0 Å². The monoisotopic (exact) mass is 439 g/mol. The van der Waals surface area contributed by atoms with Gasteiger partial charge >= 0.3 is 5.97 Å². The van der Waals surface area contributed by atoms with Gasteiger partial charge in [-0.1, -0.05) is 53.4 Å². The third-order valence-electron chi connectivity index (χ3n) is 5.72. The topological polar surface area (TPSA) is 114 Å². The third kappa shape index (κ3) is 10.2. The van der Waals surface area contributed by atoms with E-state index >= 15 is 0 Å². The molecule has 0 aromatic heterocycles. The number of carbonyl (C=O) groups is 4. The number of ether oxygens (including phenoxy) is 1. The molecule has 0 saturated carbocycles. The van der Waals surface area contributed by atoms with Crippen LogP contribution in [0.15, 0.2) is 0 Å². The van der Waals surface area contributed by atoms with Gasteiger partial charge in [-0.05, 0) is 31.6 Å². The second kappa shape index (κ2) is 14.0. The highest BCUT2D eigenvalue weighted by molar-refractivity contribution is 5.91. The molecular formula is C23H41N3O5. The largest absolute Gasteiger partial charge is 0.462 e. The average Bonchev–Trinajstić information content (AvgIpc) is 2.71. The van der Waals surface area contributed by atoms with Gasteiger partial charge in [-0.2, -0.15) is 0 Å². The summed E-state index contributed by atoms with van der Waals surface area (Å²) in [6.45, 7) is 9.35. The molecule has 1 aliphatic heterocycles. The van der Waals surface area contributed by atoms with Crippen LogP contribution in [0.5, 0.6) is 0 Å². The Morgan fingerprint density at radius 1 is 0.839 bits per heavy atom. The highest BCUT2D eigenvalue weighted by Crippen LogP contribution is 2.13. The van der Waals surface area contributed by atoms with Crippen molar-refractivity contribution >= 4 is 23.7 Å². The predicted octanol–water partition coefficient (Wildman–Crippen LogP) is 2.45. The second-order valence-electron chi connectivity index (χ2n) is 9.03. The van der Waals surface area contributed by atoms with Crippen LogP contribution in [0.2, 0.25) is 0 Å². The van der Waals surface area contributed by atoms with Crippen molar-refractivity contribution in [1.29, 1.82) is 0 Å². The van der Waals surface area contributed by atoms with Gasteiger partial charge in [-0.25, -0.2) is 4.79 Å². The highest BCUT2D eigenvalue weighted by atomic mass is 16.5. The molecule has 4 atom stereocenters. The van der Waals surface area contributed by atoms with Gasteiger partial charge in [-0.3, -0.25) is 14.4 Å². The maximum Gasteiger partial charge on any atom is 0.328 e. The molecule has 0 unspecified atom stereocenters. The van der Waals surface area contributed by atoms with E-state index in [-0.39, 0.29) is 42.2 Å². The van der Waals surface area contributed by atoms with Gasteiger partial charge in [0.15, 0.2) is 0 Å². The van der Waals surface area contributed by atoms with Gasteiger partial charge in [-0.15, -0.1) is 0 Å². The molecule has 1 fully saturated rings. The minimum atomic E-state index is -0.819. The first-order chi connectivity index (χ1) is 14.6. The fourth-order valence-electron chi connectivity index (χ4n) is 3.48. The average molecular weight is 440 g/mol. The van der Waals surface area contributed by atoms with Crippen molar-refractivity contribution < 1.29 is 23.9 Å². The first-order valence-electron chi connectivity index (χ1n) is 11.7. The molecule has 8 heteroatoms. The predicted molar refractivity (Wildman–Crippen MR) is 119 cm³/mol. The molecule has 0 radical (unpaired) electrons. The Labute approximate surface area is 186 Å². The Bertz CT molecular complexity index is 608. The first-order valence-corrected chi connectivity index (χ1v) is 11.7. The summed E-state index contributed by atoms with van der Waals surface area (Å²) < 4.78 is 5.41. The molecule has 0 aliphatic carbocycles. The Morgan fingerprint density at radius 2 is 1.39 bits per heavy atom. The first kappa shape index (κ1) is 26.9. The fourth-order valence-corrected chi connectivity index (χ4v) is 3.48. The zero-order valence-electron chi connectivity index (χ0n) is 19.8. The summed E-state index contributed by atoms with van der Waals surface area (Å²) in [5, 5.41) is 8.47. The molecule has 1 rings (SSSR count). The summed E-state index contributed by atoms with van der Waals surface area (Å²) in [6.07, 6.45) is 5.77. The smallest absolute Gasteiger partial charge is 0.328 e. The van der Waals surface area contributed by atoms with E-state index in [4.69, 9.17) is 4.74 Å². The van der Waals surface area contributed by atoms with E-state index in [0.29, 0.717) is 19.3 Å². The minimum absolute atomic E-state index is 0.0394. The Hall–Kier alpha value is -2.12. The molecule has 0 spiro atoms. The number of nitrogens with one attached hydrogen (secondary N) is 3. The quantitative estimate of drug-likeness (QED) is 0.585. The van der Waals surface area contributed by atoms with Crippen LogP contribution in [0, 0.1) is 11.8 Å². The van der Waals surface area contributed by atoms with Gasteiger partial charge in [0.05, 0.1) is 6.04 Å². The van der Waals surface area contributed by atoms with E-state index in [0.717, 1.165) is 32.1 Å². The van der Waals surface area contributed by atoms with Gasteiger partial charge in [0, 0.05) is 12.8 Å². The SMILES string of the molecule is CC[C@H](C)[C@@H]1NC(=O)[C@H](C(C)C)NC(=O)CCCCCCCC(=O)N[C@@H](C)COC1=O. The Balaban J connectivity index is 2.96. The van der Waals surface area contributed by atoms with Gasteiger partial charge in [0.1, 0.15) is 18.7 Å². The van der Waals surface area contributed by atoms with Gasteiger partial charge in [0.25, 0.3) is 0 Å². The van der Waals surface area contributed by atoms with Crippen molar-refractivity contribution in [2.45, 2.75) is 104 Å². The van der Waals surface area contributed by atoms with Gasteiger partial charge < -0.3 is 20.7 Å². The molecule has 1 aliphatic rings. The third-order valence-corrected chi connectivity index (χ3v) is 5.72. The molecule has 0 bridgehead atoms. The number of hydrogen-bond acceptors (Lipinski definition) is 5. The van der Waals surface area contributed by atoms with Crippen LogP contribution in [-0.2, 0) is 23.9 Å². The van der Waals surface area contributed by atoms with Crippen LogP contribution in [0.1, 0.15) is 86.0 Å². The van der Waals surface area contributed by atoms with Crippen molar-refractivity contribution in [1.82, 2.24) is 16.0 Å². The summed E-state index contributed by atoms with van der Waals surface area (Å²) in [5.41, 5.74) is 0. The van der Waals surface area contributed by atoms with Crippen molar-refractivity contribution in [2.24, 2.45) is 11.8 Å². The van der Waals surface area contributed by atoms with Crippen LogP contribution in [-0.4, -0.2) is 48.4 Å². The fraction of sp³-hybridized carbons (Fsp3) is 0.826. The number of amides is 3. The number of carbonyl (C=O) groups excluding carboxylic acids is 4. The molecule has 178 valence electrons. The minimum Gasteiger partial charge on any atom is -0.462 e.